The predicted molar refractivity (Wildman–Crippen MR) is 162 cm³/mol. The number of hydrogen-bond donors (Lipinski definition) is 0. The van der Waals surface area contributed by atoms with Crippen molar-refractivity contribution >= 4 is 19.8 Å². The average Bonchev–Trinajstić information content (AvgIpc) is 2.89. The van der Waals surface area contributed by atoms with Gasteiger partial charge < -0.3 is 27.9 Å². The highest BCUT2D eigenvalue weighted by Gasteiger charge is 2.21. The number of unbranched alkanes of at least 4 members (excludes halogenated alkanes) is 9. The highest BCUT2D eigenvalue weighted by Crippen LogP contribution is 2.38. The molecule has 0 spiro atoms. The van der Waals surface area contributed by atoms with E-state index in [-0.39, 0.29) is 26.1 Å². The van der Waals surface area contributed by atoms with Crippen molar-refractivity contribution in [3.05, 3.63) is 24.3 Å². The zero-order chi connectivity index (χ0) is 30.8. The van der Waals surface area contributed by atoms with Gasteiger partial charge in [-0.15, -0.1) is 0 Å². The highest BCUT2D eigenvalue weighted by atomic mass is 31.2. The van der Waals surface area contributed by atoms with E-state index in [9.17, 15) is 19.0 Å². The molecule has 0 rings (SSSR count). The van der Waals surface area contributed by atoms with Crippen LogP contribution in [0.3, 0.4) is 0 Å². The third kappa shape index (κ3) is 28.4. The molecule has 0 aromatic carbocycles. The Morgan fingerprint density at radius 1 is 0.756 bits per heavy atom. The molecule has 0 aliphatic carbocycles. The number of hydrogen-bond acceptors (Lipinski definition) is 8. The first-order chi connectivity index (χ1) is 19.5. The van der Waals surface area contributed by atoms with Gasteiger partial charge in [-0.3, -0.25) is 14.2 Å². The van der Waals surface area contributed by atoms with Crippen molar-refractivity contribution < 1.29 is 42.1 Å². The lowest BCUT2D eigenvalue weighted by atomic mass is 10.1. The van der Waals surface area contributed by atoms with Gasteiger partial charge in [0.25, 0.3) is 7.82 Å². The fourth-order valence-electron chi connectivity index (χ4n) is 3.72. The predicted octanol–water partition coefficient (Wildman–Crippen LogP) is 6.65. The summed E-state index contributed by atoms with van der Waals surface area (Å²) in [6.45, 7) is 3.76. The molecule has 2 atom stereocenters. The molecule has 240 valence electrons. The number of allylic oxidation sites excluding steroid dienone is 4. The molecule has 0 N–H and O–H groups in total. The van der Waals surface area contributed by atoms with Gasteiger partial charge in [-0.05, 0) is 44.9 Å². The second-order valence-electron chi connectivity index (χ2n) is 11.5. The second kappa shape index (κ2) is 25.0. The van der Waals surface area contributed by atoms with Crippen molar-refractivity contribution in [3.63, 3.8) is 0 Å². The first-order valence-electron chi connectivity index (χ1n) is 15.5. The molecular weight excluding hydrogens is 545 g/mol. The fraction of sp³-hybridized carbons (Fsp3) is 0.806. The monoisotopic (exact) mass is 603 g/mol. The van der Waals surface area contributed by atoms with E-state index >= 15 is 0 Å². The highest BCUT2D eigenvalue weighted by molar-refractivity contribution is 7.45. The summed E-state index contributed by atoms with van der Waals surface area (Å²) in [5, 5.41) is 0. The number of carbonyl (C=O) groups excluding carboxylic acids is 2. The standard InChI is InChI=1S/C31H58NO8P/c1-6-8-9-10-11-12-13-14-15-16-17-18-19-20-21-22-24-31(34)40-29(27-37-30(33)23-7-2)28-39-41(35,36)38-26-25-32(3,4)5/h12-13,15-16,29H,6-11,14,17-28H2,1-5H3/b13-12-,16-15-. The Hall–Kier alpha value is -1.51. The minimum Gasteiger partial charge on any atom is -0.756 e. The maximum absolute atomic E-state index is 12.4. The number of likely N-dealkylation sites (N-methyl/N-ethyl adjacent to an activating group) is 1. The second-order valence-corrected chi connectivity index (χ2v) is 12.9. The van der Waals surface area contributed by atoms with Gasteiger partial charge in [-0.1, -0.05) is 76.7 Å². The Bertz CT molecular complexity index is 779. The van der Waals surface area contributed by atoms with Gasteiger partial charge in [0.2, 0.25) is 0 Å². The smallest absolute Gasteiger partial charge is 0.306 e. The zero-order valence-corrected chi connectivity index (χ0v) is 27.4. The number of phosphoric acid groups is 1. The van der Waals surface area contributed by atoms with E-state index in [1.807, 2.05) is 28.1 Å². The van der Waals surface area contributed by atoms with Gasteiger partial charge in [-0.2, -0.15) is 0 Å². The lowest BCUT2D eigenvalue weighted by Crippen LogP contribution is -2.37. The van der Waals surface area contributed by atoms with E-state index in [4.69, 9.17) is 18.5 Å². The molecule has 0 saturated heterocycles. The molecule has 0 saturated carbocycles. The molecule has 0 bridgehead atoms. The number of carbonyl (C=O) groups is 2. The quantitative estimate of drug-likeness (QED) is 0.0337. The summed E-state index contributed by atoms with van der Waals surface area (Å²) < 4.78 is 33.0. The van der Waals surface area contributed by atoms with E-state index in [1.54, 1.807) is 0 Å². The topological polar surface area (TPSA) is 111 Å². The van der Waals surface area contributed by atoms with Crippen LogP contribution in [-0.2, 0) is 32.7 Å². The first kappa shape index (κ1) is 39.5. The van der Waals surface area contributed by atoms with E-state index < -0.39 is 32.5 Å². The molecule has 10 heteroatoms. The van der Waals surface area contributed by atoms with E-state index in [1.165, 1.54) is 32.1 Å². The fourth-order valence-corrected chi connectivity index (χ4v) is 4.45. The summed E-state index contributed by atoms with van der Waals surface area (Å²) in [4.78, 5) is 36.2. The lowest BCUT2D eigenvalue weighted by Gasteiger charge is -2.28. The summed E-state index contributed by atoms with van der Waals surface area (Å²) in [5.41, 5.74) is 0. The van der Waals surface area contributed by atoms with Crippen LogP contribution in [0, 0.1) is 0 Å². The van der Waals surface area contributed by atoms with Crippen LogP contribution in [0.25, 0.3) is 0 Å². The van der Waals surface area contributed by atoms with Gasteiger partial charge >= 0.3 is 11.9 Å². The van der Waals surface area contributed by atoms with Crippen molar-refractivity contribution in [1.29, 1.82) is 0 Å². The molecule has 0 aliphatic rings. The van der Waals surface area contributed by atoms with Gasteiger partial charge in [0, 0.05) is 12.8 Å². The summed E-state index contributed by atoms with van der Waals surface area (Å²) >= 11 is 0. The molecule has 9 nitrogen and oxygen atoms in total. The van der Waals surface area contributed by atoms with Crippen molar-refractivity contribution in [2.75, 3.05) is 47.5 Å². The third-order valence-electron chi connectivity index (χ3n) is 6.19. The molecule has 41 heavy (non-hydrogen) atoms. The summed E-state index contributed by atoms with van der Waals surface area (Å²) in [7, 11) is 1.14. The van der Waals surface area contributed by atoms with Crippen molar-refractivity contribution in [2.24, 2.45) is 0 Å². The number of ether oxygens (including phenoxy) is 2. The number of esters is 2. The largest absolute Gasteiger partial charge is 0.756 e. The number of rotatable bonds is 27. The lowest BCUT2D eigenvalue weighted by molar-refractivity contribution is -0.870. The molecule has 0 amide bonds. The number of quaternary nitrogens is 1. The number of nitrogens with zero attached hydrogens (tertiary/aromatic N) is 1. The molecule has 0 radical (unpaired) electrons. The molecular formula is C31H58NO8P. The summed E-state index contributed by atoms with van der Waals surface area (Å²) in [6, 6.07) is 0. The summed E-state index contributed by atoms with van der Waals surface area (Å²) in [5.74, 6) is -0.916. The summed E-state index contributed by atoms with van der Waals surface area (Å²) in [6.07, 6.45) is 22.3. The van der Waals surface area contributed by atoms with Crippen LogP contribution in [0.1, 0.15) is 110 Å². The van der Waals surface area contributed by atoms with Gasteiger partial charge in [0.05, 0.1) is 27.7 Å². The Morgan fingerprint density at radius 3 is 1.98 bits per heavy atom. The first-order valence-corrected chi connectivity index (χ1v) is 17.0. The molecule has 0 heterocycles. The van der Waals surface area contributed by atoms with Crippen LogP contribution in [-0.4, -0.2) is 70.0 Å². The Labute approximate surface area is 249 Å². The Balaban J connectivity index is 4.23. The molecule has 0 aliphatic heterocycles. The van der Waals surface area contributed by atoms with Crippen LogP contribution in [0.5, 0.6) is 0 Å². The molecule has 2 unspecified atom stereocenters. The minimum absolute atomic E-state index is 0.0346. The van der Waals surface area contributed by atoms with Gasteiger partial charge in [0.15, 0.2) is 6.10 Å². The Kier molecular flexibility index (Phi) is 24.1. The van der Waals surface area contributed by atoms with Crippen LogP contribution in [0.2, 0.25) is 0 Å². The Morgan fingerprint density at radius 2 is 1.37 bits per heavy atom. The molecule has 0 aromatic heterocycles. The minimum atomic E-state index is -4.59. The molecule has 0 aromatic rings. The normalized spacial score (nSPS) is 14.4. The average molecular weight is 604 g/mol. The van der Waals surface area contributed by atoms with Crippen LogP contribution < -0.4 is 4.89 Å². The van der Waals surface area contributed by atoms with E-state index in [0.717, 1.165) is 38.5 Å². The maximum Gasteiger partial charge on any atom is 0.306 e. The molecule has 0 fully saturated rings. The van der Waals surface area contributed by atoms with Crippen LogP contribution >= 0.6 is 7.82 Å². The van der Waals surface area contributed by atoms with Crippen molar-refractivity contribution in [3.8, 4) is 0 Å². The van der Waals surface area contributed by atoms with Crippen molar-refractivity contribution in [2.45, 2.75) is 116 Å². The maximum atomic E-state index is 12.4. The van der Waals surface area contributed by atoms with Gasteiger partial charge in [-0.25, -0.2) is 0 Å². The van der Waals surface area contributed by atoms with Crippen LogP contribution in [0.4, 0.5) is 0 Å². The van der Waals surface area contributed by atoms with Crippen molar-refractivity contribution in [1.82, 2.24) is 0 Å². The number of phosphoric ester groups is 1. The van der Waals surface area contributed by atoms with Gasteiger partial charge in [0.1, 0.15) is 19.8 Å². The van der Waals surface area contributed by atoms with E-state index in [2.05, 4.69) is 31.2 Å². The SMILES string of the molecule is CCCCCC/C=C\C/C=C\CCCCCCCC(=O)OC(COC(=O)CCC)COP(=O)([O-])OCC[N+](C)(C)C. The zero-order valence-electron chi connectivity index (χ0n) is 26.5. The van der Waals surface area contributed by atoms with Crippen LogP contribution in [0.15, 0.2) is 24.3 Å². The third-order valence-corrected chi connectivity index (χ3v) is 7.16. The van der Waals surface area contributed by atoms with E-state index in [0.29, 0.717) is 23.9 Å².